The van der Waals surface area contributed by atoms with Crippen LogP contribution in [0.2, 0.25) is 0 Å². The average molecular weight is 345 g/mol. The minimum atomic E-state index is 0.0897. The zero-order valence-corrected chi connectivity index (χ0v) is 15.5. The van der Waals surface area contributed by atoms with Crippen LogP contribution >= 0.6 is 0 Å². The van der Waals surface area contributed by atoms with Gasteiger partial charge in [-0.3, -0.25) is 4.90 Å². The van der Waals surface area contributed by atoms with Crippen LogP contribution < -0.4 is 5.32 Å². The lowest BCUT2D eigenvalue weighted by Gasteiger charge is -2.31. The molecule has 0 saturated carbocycles. The van der Waals surface area contributed by atoms with E-state index in [1.54, 1.807) is 7.11 Å². The lowest BCUT2D eigenvalue weighted by Crippen LogP contribution is -2.47. The fraction of sp³-hybridized carbons (Fsp3) is 0.650. The maximum absolute atomic E-state index is 12.3. The summed E-state index contributed by atoms with van der Waals surface area (Å²) in [6, 6.07) is 8.69. The van der Waals surface area contributed by atoms with E-state index in [4.69, 9.17) is 4.74 Å². The van der Waals surface area contributed by atoms with Gasteiger partial charge >= 0.3 is 6.03 Å². The highest BCUT2D eigenvalue weighted by molar-refractivity contribution is 5.74. The zero-order valence-electron chi connectivity index (χ0n) is 15.5. The van der Waals surface area contributed by atoms with E-state index in [-0.39, 0.29) is 6.03 Å². The largest absolute Gasteiger partial charge is 0.381 e. The SMILES string of the molecule is COC1CCN(C(=O)NC[C@H]2CCN(Cc3ccccc3C)C2)CC1. The van der Waals surface area contributed by atoms with Gasteiger partial charge in [0.05, 0.1) is 6.10 Å². The fourth-order valence-electron chi connectivity index (χ4n) is 3.89. The monoisotopic (exact) mass is 345 g/mol. The standard InChI is InChI=1S/C20H31N3O2/c1-16-5-3-4-6-18(16)15-22-10-7-17(14-22)13-21-20(24)23-11-8-19(25-2)9-12-23/h3-6,17,19H,7-15H2,1-2H3,(H,21,24)/t17-/m1/s1. The van der Waals surface area contributed by atoms with Crippen LogP contribution in [-0.2, 0) is 11.3 Å². The lowest BCUT2D eigenvalue weighted by atomic mass is 10.1. The molecule has 1 aromatic rings. The summed E-state index contributed by atoms with van der Waals surface area (Å²) in [4.78, 5) is 16.8. The van der Waals surface area contributed by atoms with E-state index in [2.05, 4.69) is 41.4 Å². The Labute approximate surface area is 151 Å². The van der Waals surface area contributed by atoms with E-state index >= 15 is 0 Å². The van der Waals surface area contributed by atoms with E-state index in [1.807, 2.05) is 4.90 Å². The quantitative estimate of drug-likeness (QED) is 0.892. The highest BCUT2D eigenvalue weighted by Crippen LogP contribution is 2.20. The molecule has 25 heavy (non-hydrogen) atoms. The molecule has 0 aromatic heterocycles. The maximum Gasteiger partial charge on any atom is 0.317 e. The Morgan fingerprint density at radius 3 is 2.68 bits per heavy atom. The van der Waals surface area contributed by atoms with Crippen molar-refractivity contribution in [2.24, 2.45) is 5.92 Å². The average Bonchev–Trinajstić information content (AvgIpc) is 3.09. The Bertz CT molecular complexity index is 570. The van der Waals surface area contributed by atoms with E-state index in [0.717, 1.165) is 58.5 Å². The highest BCUT2D eigenvalue weighted by atomic mass is 16.5. The fourth-order valence-corrected chi connectivity index (χ4v) is 3.89. The molecule has 2 saturated heterocycles. The summed E-state index contributed by atoms with van der Waals surface area (Å²) in [5.41, 5.74) is 2.77. The summed E-state index contributed by atoms with van der Waals surface area (Å²) in [6.07, 6.45) is 3.36. The van der Waals surface area contributed by atoms with Crippen LogP contribution in [0.3, 0.4) is 0 Å². The van der Waals surface area contributed by atoms with Crippen LogP contribution in [0.15, 0.2) is 24.3 Å². The molecule has 5 nitrogen and oxygen atoms in total. The molecule has 0 aliphatic carbocycles. The first-order valence-electron chi connectivity index (χ1n) is 9.48. The van der Waals surface area contributed by atoms with Gasteiger partial charge < -0.3 is 15.0 Å². The number of urea groups is 1. The van der Waals surface area contributed by atoms with E-state index in [1.165, 1.54) is 11.1 Å². The van der Waals surface area contributed by atoms with Crippen molar-refractivity contribution in [1.29, 1.82) is 0 Å². The van der Waals surface area contributed by atoms with Gasteiger partial charge in [0.15, 0.2) is 0 Å². The third-order valence-corrected chi connectivity index (χ3v) is 5.63. The van der Waals surface area contributed by atoms with Crippen LogP contribution in [0.1, 0.15) is 30.4 Å². The summed E-state index contributed by atoms with van der Waals surface area (Å²) in [5, 5.41) is 3.14. The Balaban J connectivity index is 1.38. The smallest absolute Gasteiger partial charge is 0.317 e. The molecule has 5 heteroatoms. The Morgan fingerprint density at radius 2 is 1.96 bits per heavy atom. The second kappa shape index (κ2) is 8.68. The van der Waals surface area contributed by atoms with Gasteiger partial charge in [-0.1, -0.05) is 24.3 Å². The Morgan fingerprint density at radius 1 is 1.20 bits per heavy atom. The molecule has 138 valence electrons. The van der Waals surface area contributed by atoms with E-state index in [9.17, 15) is 4.79 Å². The van der Waals surface area contributed by atoms with Gasteiger partial charge in [-0.25, -0.2) is 4.79 Å². The van der Waals surface area contributed by atoms with Crippen LogP contribution in [0.25, 0.3) is 0 Å². The van der Waals surface area contributed by atoms with Gasteiger partial charge in [0.1, 0.15) is 0 Å². The number of piperidine rings is 1. The molecule has 0 bridgehead atoms. The molecule has 1 N–H and O–H groups in total. The van der Waals surface area contributed by atoms with Crippen molar-refractivity contribution in [1.82, 2.24) is 15.1 Å². The number of hydrogen-bond acceptors (Lipinski definition) is 3. The number of ether oxygens (including phenoxy) is 1. The van der Waals surface area contributed by atoms with Crippen molar-refractivity contribution in [3.05, 3.63) is 35.4 Å². The molecule has 2 heterocycles. The minimum absolute atomic E-state index is 0.0897. The molecule has 0 radical (unpaired) electrons. The van der Waals surface area contributed by atoms with Crippen molar-refractivity contribution in [2.75, 3.05) is 39.8 Å². The third-order valence-electron chi connectivity index (χ3n) is 5.63. The number of carbonyl (C=O) groups excluding carboxylic acids is 1. The lowest BCUT2D eigenvalue weighted by molar-refractivity contribution is 0.0502. The van der Waals surface area contributed by atoms with Crippen molar-refractivity contribution in [3.8, 4) is 0 Å². The molecule has 0 unspecified atom stereocenters. The van der Waals surface area contributed by atoms with Gasteiger partial charge in [-0.15, -0.1) is 0 Å². The number of nitrogens with zero attached hydrogens (tertiary/aromatic N) is 2. The molecule has 1 atom stereocenters. The van der Waals surface area contributed by atoms with Crippen LogP contribution in [0, 0.1) is 12.8 Å². The normalized spacial score (nSPS) is 22.3. The Hall–Kier alpha value is -1.59. The second-order valence-electron chi connectivity index (χ2n) is 7.42. The number of nitrogens with one attached hydrogen (secondary N) is 1. The van der Waals surface area contributed by atoms with Crippen LogP contribution in [0.4, 0.5) is 4.79 Å². The Kier molecular flexibility index (Phi) is 6.32. The zero-order chi connectivity index (χ0) is 17.6. The molecule has 2 amide bonds. The second-order valence-corrected chi connectivity index (χ2v) is 7.42. The number of rotatable bonds is 5. The molecule has 1 aromatic carbocycles. The van der Waals surface area contributed by atoms with Gasteiger partial charge in [-0.2, -0.15) is 0 Å². The van der Waals surface area contributed by atoms with Gasteiger partial charge in [-0.05, 0) is 49.8 Å². The molecule has 2 aliphatic rings. The summed E-state index contributed by atoms with van der Waals surface area (Å²) in [6.45, 7) is 7.77. The number of aryl methyl sites for hydroxylation is 1. The first-order chi connectivity index (χ1) is 12.2. The van der Waals surface area contributed by atoms with Gasteiger partial charge in [0, 0.05) is 39.8 Å². The van der Waals surface area contributed by atoms with Crippen molar-refractivity contribution in [3.63, 3.8) is 0 Å². The van der Waals surface area contributed by atoms with Gasteiger partial charge in [0.2, 0.25) is 0 Å². The topological polar surface area (TPSA) is 44.8 Å². The van der Waals surface area contributed by atoms with Crippen LogP contribution in [0.5, 0.6) is 0 Å². The molecule has 0 spiro atoms. The van der Waals surface area contributed by atoms with E-state index in [0.29, 0.717) is 12.0 Å². The molecule has 2 aliphatic heterocycles. The summed E-state index contributed by atoms with van der Waals surface area (Å²) < 4.78 is 5.37. The summed E-state index contributed by atoms with van der Waals surface area (Å²) >= 11 is 0. The minimum Gasteiger partial charge on any atom is -0.381 e. The predicted molar refractivity (Wildman–Crippen MR) is 99.6 cm³/mol. The number of hydrogen-bond donors (Lipinski definition) is 1. The first-order valence-corrected chi connectivity index (χ1v) is 9.48. The molecule has 3 rings (SSSR count). The molecular formula is C20H31N3O2. The van der Waals surface area contributed by atoms with Gasteiger partial charge in [0.25, 0.3) is 0 Å². The highest BCUT2D eigenvalue weighted by Gasteiger charge is 2.26. The molecular weight excluding hydrogens is 314 g/mol. The molecule has 2 fully saturated rings. The van der Waals surface area contributed by atoms with E-state index < -0.39 is 0 Å². The summed E-state index contributed by atoms with van der Waals surface area (Å²) in [5.74, 6) is 0.560. The number of carbonyl (C=O) groups is 1. The number of benzene rings is 1. The van der Waals surface area contributed by atoms with Crippen LogP contribution in [-0.4, -0.2) is 61.8 Å². The summed E-state index contributed by atoms with van der Waals surface area (Å²) in [7, 11) is 1.75. The third kappa shape index (κ3) is 4.95. The van der Waals surface area contributed by atoms with Crippen molar-refractivity contribution < 1.29 is 9.53 Å². The van der Waals surface area contributed by atoms with Crippen molar-refractivity contribution in [2.45, 2.75) is 38.8 Å². The number of amides is 2. The predicted octanol–water partition coefficient (Wildman–Crippen LogP) is 2.64. The first kappa shape index (κ1) is 18.2. The number of methoxy groups -OCH3 is 1. The maximum atomic E-state index is 12.3. The van der Waals surface area contributed by atoms with Crippen molar-refractivity contribution >= 4 is 6.03 Å². The number of likely N-dealkylation sites (tertiary alicyclic amines) is 2.